The van der Waals surface area contributed by atoms with Crippen molar-refractivity contribution in [3.05, 3.63) is 39.5 Å². The molecule has 2 aromatic heterocycles. The van der Waals surface area contributed by atoms with Gasteiger partial charge in [-0.3, -0.25) is 4.68 Å². The molecule has 0 amide bonds. The smallest absolute Gasteiger partial charge is 0.101 e. The normalized spacial score (nSPS) is 12.9. The zero-order valence-corrected chi connectivity index (χ0v) is 12.5. The van der Waals surface area contributed by atoms with Crippen molar-refractivity contribution in [3.63, 3.8) is 0 Å². The van der Waals surface area contributed by atoms with Crippen molar-refractivity contribution in [1.29, 1.82) is 0 Å². The maximum Gasteiger partial charge on any atom is 0.101 e. The van der Waals surface area contributed by atoms with Crippen LogP contribution < -0.4 is 5.73 Å². The number of furan rings is 1. The molecule has 5 heteroatoms. The maximum absolute atomic E-state index is 6.22. The molecule has 0 spiro atoms. The highest BCUT2D eigenvalue weighted by atomic mass is 79.9. The van der Waals surface area contributed by atoms with Crippen LogP contribution in [0.3, 0.4) is 0 Å². The molecule has 1 atom stereocenters. The minimum atomic E-state index is -0.0693. The van der Waals surface area contributed by atoms with E-state index in [0.29, 0.717) is 0 Å². The molecule has 0 aliphatic rings. The van der Waals surface area contributed by atoms with Gasteiger partial charge in [0.15, 0.2) is 0 Å². The van der Waals surface area contributed by atoms with Crippen molar-refractivity contribution in [2.24, 2.45) is 5.73 Å². The monoisotopic (exact) mass is 311 g/mol. The van der Waals surface area contributed by atoms with E-state index in [1.54, 1.807) is 6.26 Å². The Morgan fingerprint density at radius 2 is 2.22 bits per heavy atom. The molecule has 2 aromatic rings. The highest BCUT2D eigenvalue weighted by molar-refractivity contribution is 9.10. The Morgan fingerprint density at radius 3 is 2.78 bits per heavy atom. The van der Waals surface area contributed by atoms with E-state index in [4.69, 9.17) is 10.2 Å². The lowest BCUT2D eigenvalue weighted by Gasteiger charge is -2.11. The molecule has 1 unspecified atom stereocenters. The molecule has 0 saturated heterocycles. The number of halogens is 1. The first kappa shape index (κ1) is 13.4. The molecule has 0 bridgehead atoms. The quantitative estimate of drug-likeness (QED) is 0.943. The van der Waals surface area contributed by atoms with Gasteiger partial charge in [0.1, 0.15) is 5.76 Å². The molecule has 0 aromatic carbocycles. The summed E-state index contributed by atoms with van der Waals surface area (Å²) in [5.41, 5.74) is 9.39. The minimum absolute atomic E-state index is 0.0693. The molecule has 0 radical (unpaired) electrons. The molecule has 18 heavy (non-hydrogen) atoms. The average Bonchev–Trinajstić information content (AvgIpc) is 2.88. The van der Waals surface area contributed by atoms with E-state index in [0.717, 1.165) is 40.1 Å². The van der Waals surface area contributed by atoms with Gasteiger partial charge in [-0.25, -0.2) is 0 Å². The number of hydrogen-bond donors (Lipinski definition) is 1. The number of nitrogens with zero attached hydrogens (tertiary/aromatic N) is 2. The second-order valence-corrected chi connectivity index (χ2v) is 5.26. The summed E-state index contributed by atoms with van der Waals surface area (Å²) in [5, 5.41) is 4.47. The van der Waals surface area contributed by atoms with Crippen molar-refractivity contribution in [3.8, 4) is 0 Å². The van der Waals surface area contributed by atoms with Gasteiger partial charge < -0.3 is 10.2 Å². The molecule has 98 valence electrons. The van der Waals surface area contributed by atoms with Gasteiger partial charge in [0.05, 0.1) is 22.1 Å². The number of aromatic nitrogens is 2. The first-order valence-corrected chi connectivity index (χ1v) is 6.84. The van der Waals surface area contributed by atoms with Crippen LogP contribution in [0.5, 0.6) is 0 Å². The Labute approximate surface area is 115 Å². The predicted octanol–water partition coefficient (Wildman–Crippen LogP) is 3.12. The highest BCUT2D eigenvalue weighted by Gasteiger charge is 2.17. The van der Waals surface area contributed by atoms with Crippen molar-refractivity contribution in [1.82, 2.24) is 9.78 Å². The van der Waals surface area contributed by atoms with E-state index in [9.17, 15) is 0 Å². The highest BCUT2D eigenvalue weighted by Crippen LogP contribution is 2.26. The van der Waals surface area contributed by atoms with Crippen molar-refractivity contribution < 1.29 is 4.42 Å². The fourth-order valence-electron chi connectivity index (χ4n) is 2.05. The van der Waals surface area contributed by atoms with E-state index in [-0.39, 0.29) is 6.04 Å². The molecule has 0 aliphatic carbocycles. The predicted molar refractivity (Wildman–Crippen MR) is 74.4 cm³/mol. The molecular formula is C13H18BrN3O. The summed E-state index contributed by atoms with van der Waals surface area (Å²) >= 11 is 3.59. The number of nitrogens with two attached hydrogens (primary N) is 1. The van der Waals surface area contributed by atoms with Gasteiger partial charge in [-0.1, -0.05) is 0 Å². The summed E-state index contributed by atoms with van der Waals surface area (Å²) in [4.78, 5) is 0. The third kappa shape index (κ3) is 2.52. The molecule has 2 heterocycles. The van der Waals surface area contributed by atoms with Gasteiger partial charge in [-0.15, -0.1) is 0 Å². The Kier molecular flexibility index (Phi) is 3.92. The first-order valence-electron chi connectivity index (χ1n) is 6.05. The Bertz CT molecular complexity index is 544. The van der Waals surface area contributed by atoms with Crippen LogP contribution in [-0.4, -0.2) is 9.78 Å². The third-order valence-electron chi connectivity index (χ3n) is 3.05. The van der Waals surface area contributed by atoms with E-state index in [2.05, 4.69) is 28.0 Å². The van der Waals surface area contributed by atoms with Crippen LogP contribution in [0.2, 0.25) is 0 Å². The van der Waals surface area contributed by atoms with Crippen LogP contribution in [0.1, 0.15) is 35.7 Å². The van der Waals surface area contributed by atoms with Crippen LogP contribution in [0.25, 0.3) is 0 Å². The molecule has 0 aliphatic heterocycles. The van der Waals surface area contributed by atoms with Crippen LogP contribution in [0.15, 0.2) is 21.2 Å². The van der Waals surface area contributed by atoms with Gasteiger partial charge in [-0.2, -0.15) is 5.10 Å². The molecule has 0 saturated carbocycles. The lowest BCUT2D eigenvalue weighted by molar-refractivity contribution is 0.526. The first-order chi connectivity index (χ1) is 8.52. The SMILES string of the molecule is CCn1nc(C)c(Br)c1CC(N)c1coc(C)c1. The third-order valence-corrected chi connectivity index (χ3v) is 4.08. The van der Waals surface area contributed by atoms with E-state index in [1.807, 2.05) is 24.6 Å². The molecular weight excluding hydrogens is 294 g/mol. The fourth-order valence-corrected chi connectivity index (χ4v) is 2.49. The van der Waals surface area contributed by atoms with Crippen LogP contribution >= 0.6 is 15.9 Å². The molecule has 4 nitrogen and oxygen atoms in total. The van der Waals surface area contributed by atoms with Gasteiger partial charge in [0, 0.05) is 24.6 Å². The number of rotatable bonds is 4. The Morgan fingerprint density at radius 1 is 1.50 bits per heavy atom. The second-order valence-electron chi connectivity index (χ2n) is 4.46. The fraction of sp³-hybridized carbons (Fsp3) is 0.462. The summed E-state index contributed by atoms with van der Waals surface area (Å²) in [5.74, 6) is 0.889. The van der Waals surface area contributed by atoms with Gasteiger partial charge >= 0.3 is 0 Å². The average molecular weight is 312 g/mol. The van der Waals surface area contributed by atoms with Crippen LogP contribution in [-0.2, 0) is 13.0 Å². The molecule has 2 rings (SSSR count). The summed E-state index contributed by atoms with van der Waals surface area (Å²) in [6.45, 7) is 6.84. The standard InChI is InChI=1S/C13H18BrN3O/c1-4-17-12(13(14)9(3)16-17)6-11(15)10-5-8(2)18-7-10/h5,7,11H,4,6,15H2,1-3H3. The van der Waals surface area contributed by atoms with Gasteiger partial charge in [0.25, 0.3) is 0 Å². The van der Waals surface area contributed by atoms with E-state index in [1.165, 1.54) is 0 Å². The zero-order chi connectivity index (χ0) is 13.3. The summed E-state index contributed by atoms with van der Waals surface area (Å²) in [6, 6.07) is 1.91. The van der Waals surface area contributed by atoms with Crippen molar-refractivity contribution >= 4 is 15.9 Å². The molecule has 0 fully saturated rings. The summed E-state index contributed by atoms with van der Waals surface area (Å²) in [6.07, 6.45) is 2.47. The minimum Gasteiger partial charge on any atom is -0.469 e. The Balaban J connectivity index is 2.23. The summed E-state index contributed by atoms with van der Waals surface area (Å²) < 4.78 is 8.35. The molecule has 2 N–H and O–H groups in total. The second kappa shape index (κ2) is 5.28. The maximum atomic E-state index is 6.22. The van der Waals surface area contributed by atoms with Gasteiger partial charge in [-0.05, 0) is 42.8 Å². The Hall–Kier alpha value is -1.07. The summed E-state index contributed by atoms with van der Waals surface area (Å²) in [7, 11) is 0. The lowest BCUT2D eigenvalue weighted by Crippen LogP contribution is -2.15. The lowest BCUT2D eigenvalue weighted by atomic mass is 10.1. The topological polar surface area (TPSA) is 57.0 Å². The van der Waals surface area contributed by atoms with E-state index < -0.39 is 0 Å². The number of hydrogen-bond acceptors (Lipinski definition) is 3. The van der Waals surface area contributed by atoms with Gasteiger partial charge in [0.2, 0.25) is 0 Å². The van der Waals surface area contributed by atoms with Crippen LogP contribution in [0.4, 0.5) is 0 Å². The van der Waals surface area contributed by atoms with Crippen molar-refractivity contribution in [2.75, 3.05) is 0 Å². The van der Waals surface area contributed by atoms with E-state index >= 15 is 0 Å². The largest absolute Gasteiger partial charge is 0.469 e. The van der Waals surface area contributed by atoms with Crippen molar-refractivity contribution in [2.45, 2.75) is 39.8 Å². The number of aryl methyl sites for hydroxylation is 3. The van der Waals surface area contributed by atoms with Crippen LogP contribution in [0, 0.1) is 13.8 Å². The zero-order valence-electron chi connectivity index (χ0n) is 10.9.